The lowest BCUT2D eigenvalue weighted by Crippen LogP contribution is -1.93. The van der Waals surface area contributed by atoms with Crippen molar-refractivity contribution < 1.29 is 4.42 Å². The van der Waals surface area contributed by atoms with Crippen LogP contribution in [0.5, 0.6) is 0 Å². The summed E-state index contributed by atoms with van der Waals surface area (Å²) < 4.78 is 5.36. The van der Waals surface area contributed by atoms with Crippen LogP contribution in [0.2, 0.25) is 5.02 Å². The van der Waals surface area contributed by atoms with Crippen molar-refractivity contribution >= 4 is 34.9 Å². The van der Waals surface area contributed by atoms with E-state index in [1.807, 2.05) is 25.1 Å². The SMILES string of the molecule is Cc1ccc(Cl)cc1Nc1nnc(CCCl)o1. The van der Waals surface area contributed by atoms with Crippen molar-refractivity contribution in [2.75, 3.05) is 11.2 Å². The summed E-state index contributed by atoms with van der Waals surface area (Å²) in [6.07, 6.45) is 0.560. The number of anilines is 2. The smallest absolute Gasteiger partial charge is 0.320 e. The normalized spacial score (nSPS) is 10.5. The molecule has 4 nitrogen and oxygen atoms in total. The molecule has 0 unspecified atom stereocenters. The standard InChI is InChI=1S/C11H11Cl2N3O/c1-7-2-3-8(13)6-9(7)14-11-16-15-10(17-11)4-5-12/h2-3,6H,4-5H2,1H3,(H,14,16). The first kappa shape index (κ1) is 12.2. The van der Waals surface area contributed by atoms with E-state index in [0.29, 0.717) is 29.2 Å². The van der Waals surface area contributed by atoms with Crippen LogP contribution in [-0.2, 0) is 6.42 Å². The van der Waals surface area contributed by atoms with E-state index in [2.05, 4.69) is 15.5 Å². The van der Waals surface area contributed by atoms with Gasteiger partial charge in [0.1, 0.15) is 0 Å². The van der Waals surface area contributed by atoms with Gasteiger partial charge in [0.2, 0.25) is 5.89 Å². The van der Waals surface area contributed by atoms with Crippen molar-refractivity contribution in [2.45, 2.75) is 13.3 Å². The van der Waals surface area contributed by atoms with Gasteiger partial charge in [-0.25, -0.2) is 0 Å². The molecule has 1 aromatic heterocycles. The lowest BCUT2D eigenvalue weighted by atomic mass is 10.2. The average Bonchev–Trinajstić information content (AvgIpc) is 2.72. The van der Waals surface area contributed by atoms with Crippen molar-refractivity contribution in [1.29, 1.82) is 0 Å². The van der Waals surface area contributed by atoms with E-state index in [-0.39, 0.29) is 0 Å². The molecule has 0 aliphatic heterocycles. The minimum atomic E-state index is 0.343. The summed E-state index contributed by atoms with van der Waals surface area (Å²) >= 11 is 11.5. The molecular formula is C11H11Cl2N3O. The third-order valence-corrected chi connectivity index (χ3v) is 2.64. The molecule has 17 heavy (non-hydrogen) atoms. The Kier molecular flexibility index (Phi) is 3.86. The Morgan fingerprint density at radius 1 is 1.35 bits per heavy atom. The van der Waals surface area contributed by atoms with Crippen LogP contribution in [0.1, 0.15) is 11.5 Å². The van der Waals surface area contributed by atoms with Gasteiger partial charge in [-0.2, -0.15) is 0 Å². The zero-order valence-electron chi connectivity index (χ0n) is 9.20. The third kappa shape index (κ3) is 3.11. The highest BCUT2D eigenvalue weighted by Crippen LogP contribution is 2.23. The van der Waals surface area contributed by atoms with E-state index >= 15 is 0 Å². The minimum absolute atomic E-state index is 0.343. The lowest BCUT2D eigenvalue weighted by molar-refractivity contribution is 0.516. The molecule has 0 spiro atoms. The number of aryl methyl sites for hydroxylation is 2. The topological polar surface area (TPSA) is 51.0 Å². The quantitative estimate of drug-likeness (QED) is 0.864. The first-order chi connectivity index (χ1) is 8.19. The summed E-state index contributed by atoms with van der Waals surface area (Å²) in [5, 5.41) is 11.4. The van der Waals surface area contributed by atoms with Crippen molar-refractivity contribution in [3.63, 3.8) is 0 Å². The summed E-state index contributed by atoms with van der Waals surface area (Å²) in [5.41, 5.74) is 1.89. The molecule has 90 valence electrons. The first-order valence-electron chi connectivity index (χ1n) is 5.10. The average molecular weight is 272 g/mol. The fourth-order valence-electron chi connectivity index (χ4n) is 1.33. The molecule has 0 bridgehead atoms. The molecule has 0 aliphatic carbocycles. The summed E-state index contributed by atoms with van der Waals surface area (Å²) in [6, 6.07) is 5.90. The first-order valence-corrected chi connectivity index (χ1v) is 6.02. The molecule has 0 atom stereocenters. The molecule has 0 amide bonds. The maximum atomic E-state index is 5.91. The van der Waals surface area contributed by atoms with Crippen LogP contribution in [0.25, 0.3) is 0 Å². The molecule has 0 aliphatic rings. The Bertz CT molecular complexity index is 513. The number of hydrogen-bond acceptors (Lipinski definition) is 4. The van der Waals surface area contributed by atoms with Crippen molar-refractivity contribution in [3.05, 3.63) is 34.7 Å². The van der Waals surface area contributed by atoms with E-state index in [1.54, 1.807) is 0 Å². The molecule has 2 aromatic rings. The van der Waals surface area contributed by atoms with E-state index in [1.165, 1.54) is 0 Å². The fourth-order valence-corrected chi connectivity index (χ4v) is 1.66. The number of alkyl halides is 1. The largest absolute Gasteiger partial charge is 0.408 e. The van der Waals surface area contributed by atoms with Crippen molar-refractivity contribution in [3.8, 4) is 0 Å². The maximum absolute atomic E-state index is 5.91. The zero-order chi connectivity index (χ0) is 12.3. The van der Waals surface area contributed by atoms with Gasteiger partial charge in [0, 0.05) is 23.0 Å². The van der Waals surface area contributed by atoms with Crippen LogP contribution in [0, 0.1) is 6.92 Å². The second-order valence-corrected chi connectivity index (χ2v) is 4.34. The van der Waals surface area contributed by atoms with Gasteiger partial charge >= 0.3 is 6.01 Å². The number of rotatable bonds is 4. The zero-order valence-corrected chi connectivity index (χ0v) is 10.7. The number of nitrogens with zero attached hydrogens (tertiary/aromatic N) is 2. The molecule has 0 saturated carbocycles. The summed E-state index contributed by atoms with van der Waals surface area (Å²) in [5.74, 6) is 0.972. The molecule has 1 heterocycles. The predicted octanol–water partition coefficient (Wildman–Crippen LogP) is 3.56. The van der Waals surface area contributed by atoms with Crippen molar-refractivity contribution in [1.82, 2.24) is 10.2 Å². The van der Waals surface area contributed by atoms with Gasteiger partial charge < -0.3 is 9.73 Å². The van der Waals surface area contributed by atoms with Crippen LogP contribution in [-0.4, -0.2) is 16.1 Å². The van der Waals surface area contributed by atoms with Crippen LogP contribution in [0.15, 0.2) is 22.6 Å². The Morgan fingerprint density at radius 3 is 2.94 bits per heavy atom. The second-order valence-electron chi connectivity index (χ2n) is 3.52. The second kappa shape index (κ2) is 5.38. The highest BCUT2D eigenvalue weighted by atomic mass is 35.5. The Morgan fingerprint density at radius 2 is 2.18 bits per heavy atom. The Labute approximate surface area is 109 Å². The van der Waals surface area contributed by atoms with E-state index in [4.69, 9.17) is 27.6 Å². The van der Waals surface area contributed by atoms with Crippen LogP contribution < -0.4 is 5.32 Å². The number of aromatic nitrogens is 2. The number of nitrogens with one attached hydrogen (secondary N) is 1. The Hall–Kier alpha value is -1.26. The maximum Gasteiger partial charge on any atom is 0.320 e. The van der Waals surface area contributed by atoms with Crippen molar-refractivity contribution in [2.24, 2.45) is 0 Å². The van der Waals surface area contributed by atoms with Gasteiger partial charge in [0.15, 0.2) is 0 Å². The van der Waals surface area contributed by atoms with E-state index < -0.39 is 0 Å². The number of benzene rings is 1. The molecule has 0 fully saturated rings. The molecule has 1 aromatic carbocycles. The Balaban J connectivity index is 2.16. The molecule has 0 saturated heterocycles. The highest BCUT2D eigenvalue weighted by molar-refractivity contribution is 6.30. The summed E-state index contributed by atoms with van der Waals surface area (Å²) in [6.45, 7) is 1.97. The van der Waals surface area contributed by atoms with Gasteiger partial charge in [-0.05, 0) is 24.6 Å². The van der Waals surface area contributed by atoms with E-state index in [9.17, 15) is 0 Å². The highest BCUT2D eigenvalue weighted by Gasteiger charge is 2.07. The lowest BCUT2D eigenvalue weighted by Gasteiger charge is -2.05. The molecule has 0 radical (unpaired) electrons. The van der Waals surface area contributed by atoms with Gasteiger partial charge in [0.05, 0.1) is 0 Å². The van der Waals surface area contributed by atoms with Gasteiger partial charge in [-0.1, -0.05) is 22.8 Å². The minimum Gasteiger partial charge on any atom is -0.408 e. The van der Waals surface area contributed by atoms with Gasteiger partial charge in [0.25, 0.3) is 0 Å². The van der Waals surface area contributed by atoms with Crippen LogP contribution in [0.4, 0.5) is 11.7 Å². The number of halogens is 2. The molecule has 6 heteroatoms. The number of hydrogen-bond donors (Lipinski definition) is 1. The molecular weight excluding hydrogens is 261 g/mol. The fraction of sp³-hybridized carbons (Fsp3) is 0.273. The van der Waals surface area contributed by atoms with Crippen LogP contribution >= 0.6 is 23.2 Å². The monoisotopic (exact) mass is 271 g/mol. The van der Waals surface area contributed by atoms with Gasteiger partial charge in [-0.15, -0.1) is 16.7 Å². The summed E-state index contributed by atoms with van der Waals surface area (Å²) in [4.78, 5) is 0. The van der Waals surface area contributed by atoms with E-state index in [0.717, 1.165) is 11.3 Å². The van der Waals surface area contributed by atoms with Crippen LogP contribution in [0.3, 0.4) is 0 Å². The third-order valence-electron chi connectivity index (χ3n) is 2.22. The summed E-state index contributed by atoms with van der Waals surface area (Å²) in [7, 11) is 0. The molecule has 1 N–H and O–H groups in total. The van der Waals surface area contributed by atoms with Gasteiger partial charge in [-0.3, -0.25) is 0 Å². The predicted molar refractivity (Wildman–Crippen MR) is 68.2 cm³/mol. The molecule has 2 rings (SSSR count).